The molecule has 2 aliphatic heterocycles. The van der Waals surface area contributed by atoms with E-state index in [0.29, 0.717) is 18.4 Å². The van der Waals surface area contributed by atoms with E-state index in [-0.39, 0.29) is 0 Å². The summed E-state index contributed by atoms with van der Waals surface area (Å²) in [6, 6.07) is 2.44. The Morgan fingerprint density at radius 2 is 2.33 bits per heavy atom. The molecule has 2 aromatic heterocycles. The molecule has 4 rings (SSSR count). The zero-order valence-corrected chi connectivity index (χ0v) is 14.8. The van der Waals surface area contributed by atoms with E-state index in [1.807, 2.05) is 18.0 Å². The van der Waals surface area contributed by atoms with Gasteiger partial charge in [-0.2, -0.15) is 5.10 Å². The van der Waals surface area contributed by atoms with Crippen LogP contribution in [0.2, 0.25) is 0 Å². The van der Waals surface area contributed by atoms with Crippen molar-refractivity contribution >= 4 is 17.2 Å². The van der Waals surface area contributed by atoms with Crippen molar-refractivity contribution in [1.29, 1.82) is 0 Å². The van der Waals surface area contributed by atoms with Gasteiger partial charge < -0.3 is 4.90 Å². The van der Waals surface area contributed by atoms with Gasteiger partial charge in [-0.3, -0.25) is 14.4 Å². The zero-order chi connectivity index (χ0) is 16.5. The first-order valence-electron chi connectivity index (χ1n) is 8.62. The van der Waals surface area contributed by atoms with Crippen molar-refractivity contribution in [3.8, 4) is 0 Å². The van der Waals surface area contributed by atoms with Crippen LogP contribution in [0.25, 0.3) is 0 Å². The Morgan fingerprint density at radius 1 is 1.42 bits per heavy atom. The number of amides is 1. The van der Waals surface area contributed by atoms with Crippen LogP contribution < -0.4 is 0 Å². The number of nitrogens with zero attached hydrogens (tertiary/aromatic N) is 5. The number of fused-ring (bicyclic) bond motifs is 1. The SMILES string of the molecule is Cc1csc(CN2Cc3ccnn3[C@@H](CCN3CCCC3=O)C2)n1. The number of carbonyl (C=O) groups excluding carboxylic acids is 1. The van der Waals surface area contributed by atoms with Crippen LogP contribution in [0.4, 0.5) is 0 Å². The molecule has 0 N–H and O–H groups in total. The van der Waals surface area contributed by atoms with Crippen molar-refractivity contribution in [2.24, 2.45) is 0 Å². The standard InChI is InChI=1S/C17H23N5OS/c1-13-12-24-16(19-13)11-20-9-14-4-6-18-22(14)15(10-20)5-8-21-7-2-3-17(21)23/h4,6,12,15H,2-3,5,7-11H2,1H3/t15-/m0/s1. The average Bonchev–Trinajstić information content (AvgIpc) is 3.27. The highest BCUT2D eigenvalue weighted by molar-refractivity contribution is 7.09. The zero-order valence-electron chi connectivity index (χ0n) is 14.0. The first kappa shape index (κ1) is 15.8. The van der Waals surface area contributed by atoms with Gasteiger partial charge in [0.05, 0.1) is 18.3 Å². The summed E-state index contributed by atoms with van der Waals surface area (Å²) < 4.78 is 2.16. The number of rotatable bonds is 5. The topological polar surface area (TPSA) is 54.3 Å². The fourth-order valence-electron chi connectivity index (χ4n) is 3.71. The molecule has 1 saturated heterocycles. The second-order valence-corrected chi connectivity index (χ2v) is 7.69. The largest absolute Gasteiger partial charge is 0.343 e. The third-order valence-electron chi connectivity index (χ3n) is 4.88. The second kappa shape index (κ2) is 6.64. The summed E-state index contributed by atoms with van der Waals surface area (Å²) in [5, 5.41) is 7.81. The van der Waals surface area contributed by atoms with E-state index in [9.17, 15) is 4.79 Å². The van der Waals surface area contributed by atoms with Crippen LogP contribution >= 0.6 is 11.3 Å². The molecule has 2 aliphatic rings. The molecule has 6 nitrogen and oxygen atoms in total. The molecule has 0 unspecified atom stereocenters. The smallest absolute Gasteiger partial charge is 0.222 e. The third kappa shape index (κ3) is 3.23. The molecule has 1 amide bonds. The van der Waals surface area contributed by atoms with Crippen LogP contribution in [-0.2, 0) is 17.9 Å². The minimum absolute atomic E-state index is 0.307. The summed E-state index contributed by atoms with van der Waals surface area (Å²) in [6.07, 6.45) is 4.58. The van der Waals surface area contributed by atoms with Crippen molar-refractivity contribution in [3.63, 3.8) is 0 Å². The third-order valence-corrected chi connectivity index (χ3v) is 5.83. The van der Waals surface area contributed by atoms with E-state index in [1.165, 1.54) is 10.7 Å². The first-order chi connectivity index (χ1) is 11.7. The summed E-state index contributed by atoms with van der Waals surface area (Å²) >= 11 is 1.73. The van der Waals surface area contributed by atoms with E-state index >= 15 is 0 Å². The van der Waals surface area contributed by atoms with Gasteiger partial charge in [0, 0.05) is 49.9 Å². The fraction of sp³-hybridized carbons (Fsp3) is 0.588. The van der Waals surface area contributed by atoms with Crippen molar-refractivity contribution in [2.75, 3.05) is 19.6 Å². The van der Waals surface area contributed by atoms with Gasteiger partial charge >= 0.3 is 0 Å². The molecule has 0 radical (unpaired) electrons. The lowest BCUT2D eigenvalue weighted by atomic mass is 10.1. The molecule has 0 aliphatic carbocycles. The predicted molar refractivity (Wildman–Crippen MR) is 92.7 cm³/mol. The Bertz CT molecular complexity index is 724. The summed E-state index contributed by atoms with van der Waals surface area (Å²) in [5.41, 5.74) is 2.36. The van der Waals surface area contributed by atoms with Crippen LogP contribution in [0, 0.1) is 6.92 Å². The van der Waals surface area contributed by atoms with Crippen molar-refractivity contribution in [3.05, 3.63) is 34.0 Å². The van der Waals surface area contributed by atoms with Crippen molar-refractivity contribution < 1.29 is 4.79 Å². The maximum Gasteiger partial charge on any atom is 0.222 e. The second-order valence-electron chi connectivity index (χ2n) is 6.75. The molecule has 1 atom stereocenters. The number of hydrogen-bond donors (Lipinski definition) is 0. The summed E-state index contributed by atoms with van der Waals surface area (Å²) in [4.78, 5) is 20.9. The fourth-order valence-corrected chi connectivity index (χ4v) is 4.52. The highest BCUT2D eigenvalue weighted by atomic mass is 32.1. The summed E-state index contributed by atoms with van der Waals surface area (Å²) in [5.74, 6) is 0.307. The van der Waals surface area contributed by atoms with Gasteiger partial charge in [0.15, 0.2) is 0 Å². The molecule has 2 aromatic rings. The van der Waals surface area contributed by atoms with Gasteiger partial charge in [0.2, 0.25) is 5.91 Å². The normalized spacial score (nSPS) is 21.5. The molecule has 24 heavy (non-hydrogen) atoms. The van der Waals surface area contributed by atoms with Gasteiger partial charge in [-0.15, -0.1) is 11.3 Å². The minimum Gasteiger partial charge on any atom is -0.343 e. The van der Waals surface area contributed by atoms with E-state index in [1.54, 1.807) is 11.3 Å². The van der Waals surface area contributed by atoms with Crippen LogP contribution in [0.1, 0.15) is 41.7 Å². The van der Waals surface area contributed by atoms with Gasteiger partial charge in [0.1, 0.15) is 5.01 Å². The van der Waals surface area contributed by atoms with Crippen molar-refractivity contribution in [2.45, 2.75) is 45.3 Å². The molecule has 0 spiro atoms. The van der Waals surface area contributed by atoms with E-state index in [2.05, 4.69) is 31.1 Å². The molecule has 1 fully saturated rings. The van der Waals surface area contributed by atoms with Gasteiger partial charge in [-0.1, -0.05) is 0 Å². The predicted octanol–water partition coefficient (Wildman–Crippen LogP) is 2.22. The molecular weight excluding hydrogens is 322 g/mol. The maximum absolute atomic E-state index is 11.8. The molecular formula is C17H23N5OS. The number of likely N-dealkylation sites (tertiary alicyclic amines) is 1. The van der Waals surface area contributed by atoms with E-state index in [4.69, 9.17) is 0 Å². The minimum atomic E-state index is 0.307. The van der Waals surface area contributed by atoms with Crippen LogP contribution in [0.3, 0.4) is 0 Å². The van der Waals surface area contributed by atoms with Gasteiger partial charge in [-0.25, -0.2) is 4.98 Å². The number of hydrogen-bond acceptors (Lipinski definition) is 5. The average molecular weight is 345 g/mol. The van der Waals surface area contributed by atoms with Crippen LogP contribution in [0.5, 0.6) is 0 Å². The van der Waals surface area contributed by atoms with Crippen LogP contribution in [-0.4, -0.2) is 50.1 Å². The van der Waals surface area contributed by atoms with E-state index < -0.39 is 0 Å². The monoisotopic (exact) mass is 345 g/mol. The van der Waals surface area contributed by atoms with Crippen LogP contribution in [0.15, 0.2) is 17.6 Å². The Hall–Kier alpha value is -1.73. The Kier molecular flexibility index (Phi) is 4.37. The lowest BCUT2D eigenvalue weighted by Gasteiger charge is -2.34. The van der Waals surface area contributed by atoms with E-state index in [0.717, 1.165) is 51.3 Å². The number of carbonyl (C=O) groups is 1. The Labute approximate surface area is 146 Å². The number of aryl methyl sites for hydroxylation is 1. The summed E-state index contributed by atoms with van der Waals surface area (Å²) in [6.45, 7) is 6.57. The molecule has 4 heterocycles. The molecule has 0 aromatic carbocycles. The number of aromatic nitrogens is 3. The van der Waals surface area contributed by atoms with Gasteiger partial charge in [0.25, 0.3) is 0 Å². The maximum atomic E-state index is 11.8. The molecule has 7 heteroatoms. The molecule has 0 bridgehead atoms. The molecule has 0 saturated carbocycles. The first-order valence-corrected chi connectivity index (χ1v) is 9.50. The highest BCUT2D eigenvalue weighted by Gasteiger charge is 2.28. The summed E-state index contributed by atoms with van der Waals surface area (Å²) in [7, 11) is 0. The quantitative estimate of drug-likeness (QED) is 0.834. The highest BCUT2D eigenvalue weighted by Crippen LogP contribution is 2.26. The number of thiazole rings is 1. The molecule has 128 valence electrons. The Morgan fingerprint density at radius 3 is 3.08 bits per heavy atom. The van der Waals surface area contributed by atoms with Gasteiger partial charge in [-0.05, 0) is 25.8 Å². The van der Waals surface area contributed by atoms with Crippen molar-refractivity contribution in [1.82, 2.24) is 24.6 Å². The lowest BCUT2D eigenvalue weighted by molar-refractivity contribution is -0.127. The lowest BCUT2D eigenvalue weighted by Crippen LogP contribution is -2.39. The Balaban J connectivity index is 1.43.